The molecule has 0 aromatic heterocycles. The van der Waals surface area contributed by atoms with Crippen LogP contribution in [0.5, 0.6) is 0 Å². The van der Waals surface area contributed by atoms with Crippen LogP contribution < -0.4 is 0 Å². The molecule has 0 amide bonds. The maximum atomic E-state index is 3.44. The molecule has 2 heteroatoms. The Morgan fingerprint density at radius 3 is 2.55 bits per heavy atom. The first-order valence-electron chi connectivity index (χ1n) is 3.55. The second-order valence-electron chi connectivity index (χ2n) is 2.68. The molecular weight excluding hydrogens is 263 g/mol. The van der Waals surface area contributed by atoms with E-state index in [0.717, 1.165) is 4.47 Å². The number of benzene rings is 1. The molecule has 1 rings (SSSR count). The molecule has 1 aromatic carbocycles. The van der Waals surface area contributed by atoms with Crippen LogP contribution in [-0.2, 0) is 0 Å². The van der Waals surface area contributed by atoms with Gasteiger partial charge in [-0.1, -0.05) is 0 Å². The van der Waals surface area contributed by atoms with Crippen molar-refractivity contribution in [3.8, 4) is 0 Å². The Balaban J connectivity index is 3.09. The normalized spacial score (nSPS) is 13.1. The van der Waals surface area contributed by atoms with E-state index in [4.69, 9.17) is 0 Å². The van der Waals surface area contributed by atoms with Crippen LogP contribution in [0.3, 0.4) is 0 Å². The van der Waals surface area contributed by atoms with E-state index in [1.54, 1.807) is 0 Å². The van der Waals surface area contributed by atoms with E-state index >= 15 is 0 Å². The van der Waals surface area contributed by atoms with Gasteiger partial charge in [-0.3, -0.25) is 0 Å². The van der Waals surface area contributed by atoms with E-state index in [-0.39, 0.29) is 0 Å². The molecule has 1 unspecified atom stereocenters. The van der Waals surface area contributed by atoms with Gasteiger partial charge < -0.3 is 0 Å². The number of halogens is 1. The predicted octanol–water partition coefficient (Wildman–Crippen LogP) is 2.99. The Hall–Kier alpha value is 0.258. The minimum absolute atomic E-state index is 0.565. The summed E-state index contributed by atoms with van der Waals surface area (Å²) < 4.78 is 1.72. The first kappa shape index (κ1) is 9.35. The Kier molecular flexibility index (Phi) is 3.21. The molecular formula is C9H10AsBr. The number of hydrogen-bond donors (Lipinski definition) is 0. The molecule has 11 heavy (non-hydrogen) atoms. The van der Waals surface area contributed by atoms with Crippen molar-refractivity contribution < 1.29 is 0 Å². The van der Waals surface area contributed by atoms with Crippen molar-refractivity contribution in [3.63, 3.8) is 0 Å². The summed E-state index contributed by atoms with van der Waals surface area (Å²) in [6.45, 7) is 4.33. The number of hydrogen-bond acceptors (Lipinski definition) is 0. The Labute approximate surface area is 85.0 Å². The van der Waals surface area contributed by atoms with Crippen LogP contribution in [0.4, 0.5) is 0 Å². The molecule has 0 aliphatic carbocycles. The molecule has 0 nitrogen and oxygen atoms in total. The van der Waals surface area contributed by atoms with Crippen molar-refractivity contribution in [2.45, 2.75) is 18.6 Å². The van der Waals surface area contributed by atoms with Crippen molar-refractivity contribution >= 4 is 32.8 Å². The third-order valence-electron chi connectivity index (χ3n) is 1.68. The van der Waals surface area contributed by atoms with Gasteiger partial charge in [-0.2, -0.15) is 0 Å². The summed E-state index contributed by atoms with van der Waals surface area (Å²) in [5.41, 5.74) is 2.76. The molecule has 2 radical (unpaired) electrons. The molecule has 0 spiro atoms. The summed E-state index contributed by atoms with van der Waals surface area (Å²) >= 11 is 6.10. The molecule has 0 N–H and O–H groups in total. The zero-order valence-electron chi connectivity index (χ0n) is 6.63. The molecule has 0 heterocycles. The summed E-state index contributed by atoms with van der Waals surface area (Å²) in [5, 5.41) is 0. The van der Waals surface area contributed by atoms with Crippen LogP contribution in [0.15, 0.2) is 22.7 Å². The molecule has 0 bridgehead atoms. The van der Waals surface area contributed by atoms with Crippen LogP contribution in [0.1, 0.15) is 22.8 Å². The van der Waals surface area contributed by atoms with Crippen molar-refractivity contribution in [1.82, 2.24) is 0 Å². The summed E-state index contributed by atoms with van der Waals surface area (Å²) in [6, 6.07) is 6.41. The monoisotopic (exact) mass is 272 g/mol. The van der Waals surface area contributed by atoms with Crippen LogP contribution >= 0.6 is 15.9 Å². The van der Waals surface area contributed by atoms with Crippen LogP contribution in [0.25, 0.3) is 0 Å². The molecule has 0 aliphatic heterocycles. The molecule has 0 fully saturated rings. The van der Waals surface area contributed by atoms with Gasteiger partial charge in [-0.25, -0.2) is 0 Å². The molecule has 0 saturated heterocycles. The van der Waals surface area contributed by atoms with Crippen molar-refractivity contribution in [2.24, 2.45) is 0 Å². The van der Waals surface area contributed by atoms with E-state index in [9.17, 15) is 0 Å². The molecule has 58 valence electrons. The Morgan fingerprint density at radius 2 is 2.09 bits per heavy atom. The first-order valence-corrected chi connectivity index (χ1v) is 5.43. The van der Waals surface area contributed by atoms with E-state index in [2.05, 4.69) is 64.8 Å². The molecule has 0 aliphatic rings. The molecule has 1 aromatic rings. The third-order valence-corrected chi connectivity index (χ3v) is 2.76. The van der Waals surface area contributed by atoms with Gasteiger partial charge in [0, 0.05) is 0 Å². The van der Waals surface area contributed by atoms with E-state index in [1.807, 2.05) is 0 Å². The van der Waals surface area contributed by atoms with E-state index in [1.165, 1.54) is 11.1 Å². The average molecular weight is 273 g/mol. The fourth-order valence-electron chi connectivity index (χ4n) is 1.11. The quantitative estimate of drug-likeness (QED) is 0.690. The van der Waals surface area contributed by atoms with Crippen LogP contribution in [-0.4, -0.2) is 16.9 Å². The van der Waals surface area contributed by atoms with Gasteiger partial charge in [0.1, 0.15) is 0 Å². The topological polar surface area (TPSA) is 0 Å². The SMILES string of the molecule is Cc1cc(Br)ccc1C(C)[As]. The third kappa shape index (κ3) is 2.35. The average Bonchev–Trinajstić information content (AvgIpc) is 1.85. The number of rotatable bonds is 1. The fourth-order valence-corrected chi connectivity index (χ4v) is 2.19. The van der Waals surface area contributed by atoms with Crippen LogP contribution in [0.2, 0.25) is 0 Å². The van der Waals surface area contributed by atoms with Gasteiger partial charge in [-0.05, 0) is 0 Å². The zero-order valence-corrected chi connectivity index (χ0v) is 10.1. The van der Waals surface area contributed by atoms with Gasteiger partial charge in [0.05, 0.1) is 0 Å². The Bertz CT molecular complexity index is 256. The second-order valence-corrected chi connectivity index (χ2v) is 5.22. The summed E-state index contributed by atoms with van der Waals surface area (Å²) in [5.74, 6) is 0. The van der Waals surface area contributed by atoms with Crippen molar-refractivity contribution in [2.75, 3.05) is 0 Å². The van der Waals surface area contributed by atoms with Gasteiger partial charge in [0.2, 0.25) is 0 Å². The minimum atomic E-state index is 0.565. The fraction of sp³-hybridized carbons (Fsp3) is 0.333. The van der Waals surface area contributed by atoms with E-state index < -0.39 is 0 Å². The van der Waals surface area contributed by atoms with Gasteiger partial charge >= 0.3 is 85.1 Å². The zero-order chi connectivity index (χ0) is 8.43. The predicted molar refractivity (Wildman–Crippen MR) is 53.0 cm³/mol. The van der Waals surface area contributed by atoms with Gasteiger partial charge in [0.25, 0.3) is 0 Å². The van der Waals surface area contributed by atoms with Gasteiger partial charge in [-0.15, -0.1) is 0 Å². The van der Waals surface area contributed by atoms with Crippen LogP contribution in [0, 0.1) is 6.92 Å². The summed E-state index contributed by atoms with van der Waals surface area (Å²) in [4.78, 5) is 0. The maximum absolute atomic E-state index is 3.44. The first-order chi connectivity index (χ1) is 5.11. The van der Waals surface area contributed by atoms with Crippen molar-refractivity contribution in [1.29, 1.82) is 0 Å². The van der Waals surface area contributed by atoms with E-state index in [0.29, 0.717) is 4.71 Å². The van der Waals surface area contributed by atoms with Gasteiger partial charge in [0.15, 0.2) is 0 Å². The number of aryl methyl sites for hydroxylation is 1. The standard InChI is InChI=1S/C9H10AsBr/c1-6-5-8(11)3-4-9(6)7(2)10/h3-5,7H,1-2H3. The molecule has 1 atom stereocenters. The van der Waals surface area contributed by atoms with Crippen molar-refractivity contribution in [3.05, 3.63) is 33.8 Å². The summed E-state index contributed by atoms with van der Waals surface area (Å²) in [7, 11) is 0. The molecule has 0 saturated carbocycles. The Morgan fingerprint density at radius 1 is 1.45 bits per heavy atom. The summed E-state index contributed by atoms with van der Waals surface area (Å²) in [6.07, 6.45) is 0. The second kappa shape index (κ2) is 3.78.